The molecule has 0 saturated carbocycles. The maximum absolute atomic E-state index is 11.9. The van der Waals surface area contributed by atoms with E-state index in [0.29, 0.717) is 5.56 Å². The van der Waals surface area contributed by atoms with Crippen LogP contribution in [0.3, 0.4) is 0 Å². The minimum Gasteiger partial charge on any atom is -0.507 e. The van der Waals surface area contributed by atoms with Crippen LogP contribution >= 0.6 is 0 Å². The number of hydrogen-bond acceptors (Lipinski definition) is 3. The molecule has 3 rings (SSSR count). The number of nitrogens with zero attached hydrogens (tertiary/aromatic N) is 1. The number of fused-ring (bicyclic) bond motifs is 1. The Morgan fingerprint density at radius 2 is 1.83 bits per heavy atom. The average Bonchev–Trinajstić information content (AvgIpc) is 2.59. The summed E-state index contributed by atoms with van der Waals surface area (Å²) in [5.41, 5.74) is 5.18. The van der Waals surface area contributed by atoms with Gasteiger partial charge in [-0.05, 0) is 29.3 Å². The largest absolute Gasteiger partial charge is 0.507 e. The zero-order valence-electron chi connectivity index (χ0n) is 13.4. The fraction of sp³-hybridized carbons (Fsp3) is 0.100. The molecule has 0 heterocycles. The molecule has 24 heavy (non-hydrogen) atoms. The van der Waals surface area contributed by atoms with Gasteiger partial charge in [0.1, 0.15) is 5.75 Å². The first-order valence-electron chi connectivity index (χ1n) is 7.71. The molecule has 120 valence electrons. The second-order valence-electron chi connectivity index (χ2n) is 5.68. The molecule has 0 unspecified atom stereocenters. The van der Waals surface area contributed by atoms with Crippen molar-refractivity contribution in [2.45, 2.75) is 13.3 Å². The van der Waals surface area contributed by atoms with Gasteiger partial charge in [0.2, 0.25) is 5.91 Å². The van der Waals surface area contributed by atoms with E-state index in [1.807, 2.05) is 61.5 Å². The highest BCUT2D eigenvalue weighted by atomic mass is 16.3. The highest BCUT2D eigenvalue weighted by Crippen LogP contribution is 2.25. The molecule has 0 fully saturated rings. The minimum absolute atomic E-state index is 0.130. The summed E-state index contributed by atoms with van der Waals surface area (Å²) in [7, 11) is 0. The number of hydrogen-bond donors (Lipinski definition) is 2. The lowest BCUT2D eigenvalue weighted by Crippen LogP contribution is -2.19. The van der Waals surface area contributed by atoms with Crippen LogP contribution < -0.4 is 5.43 Å². The number of rotatable bonds is 4. The monoisotopic (exact) mass is 318 g/mol. The fourth-order valence-electron chi connectivity index (χ4n) is 2.52. The first-order chi connectivity index (χ1) is 11.6. The Balaban J connectivity index is 1.71. The van der Waals surface area contributed by atoms with Crippen LogP contribution in [0.15, 0.2) is 65.8 Å². The number of carbonyl (C=O) groups excluding carboxylic acids is 1. The summed E-state index contributed by atoms with van der Waals surface area (Å²) < 4.78 is 0. The van der Waals surface area contributed by atoms with Crippen molar-refractivity contribution < 1.29 is 9.90 Å². The Morgan fingerprint density at radius 3 is 2.62 bits per heavy atom. The maximum atomic E-state index is 11.9. The van der Waals surface area contributed by atoms with Gasteiger partial charge in [0.15, 0.2) is 0 Å². The Kier molecular flexibility index (Phi) is 4.57. The minimum atomic E-state index is -0.199. The summed E-state index contributed by atoms with van der Waals surface area (Å²) in [6, 6.07) is 19.0. The molecule has 1 amide bonds. The second-order valence-corrected chi connectivity index (χ2v) is 5.68. The van der Waals surface area contributed by atoms with Crippen molar-refractivity contribution in [2.75, 3.05) is 0 Å². The van der Waals surface area contributed by atoms with Crippen LogP contribution in [0.2, 0.25) is 0 Å². The van der Waals surface area contributed by atoms with E-state index in [-0.39, 0.29) is 18.1 Å². The van der Waals surface area contributed by atoms with Gasteiger partial charge in [-0.15, -0.1) is 0 Å². The van der Waals surface area contributed by atoms with E-state index in [1.165, 1.54) is 6.21 Å². The lowest BCUT2D eigenvalue weighted by atomic mass is 10.0. The second kappa shape index (κ2) is 6.96. The van der Waals surface area contributed by atoms with Crippen LogP contribution in [0.5, 0.6) is 5.75 Å². The predicted molar refractivity (Wildman–Crippen MR) is 96.2 cm³/mol. The topological polar surface area (TPSA) is 61.7 Å². The molecule has 0 aliphatic rings. The Hall–Kier alpha value is -3.14. The zero-order chi connectivity index (χ0) is 16.9. The number of aromatic hydroxyl groups is 1. The third-order valence-corrected chi connectivity index (χ3v) is 3.82. The van der Waals surface area contributed by atoms with Gasteiger partial charge < -0.3 is 5.11 Å². The van der Waals surface area contributed by atoms with E-state index in [4.69, 9.17) is 0 Å². The number of amides is 1. The van der Waals surface area contributed by atoms with Crippen molar-refractivity contribution in [1.82, 2.24) is 5.43 Å². The molecule has 4 heteroatoms. The van der Waals surface area contributed by atoms with E-state index in [2.05, 4.69) is 10.5 Å². The van der Waals surface area contributed by atoms with Crippen molar-refractivity contribution in [3.05, 3.63) is 77.4 Å². The van der Waals surface area contributed by atoms with Crippen LogP contribution in [0.1, 0.15) is 16.7 Å². The van der Waals surface area contributed by atoms with E-state index in [1.54, 1.807) is 6.07 Å². The van der Waals surface area contributed by atoms with Crippen LogP contribution in [-0.2, 0) is 11.2 Å². The molecule has 0 aliphatic carbocycles. The molecule has 0 aliphatic heterocycles. The van der Waals surface area contributed by atoms with Gasteiger partial charge in [0, 0.05) is 5.56 Å². The van der Waals surface area contributed by atoms with Crippen molar-refractivity contribution in [3.8, 4) is 5.75 Å². The van der Waals surface area contributed by atoms with Crippen LogP contribution in [0, 0.1) is 6.92 Å². The van der Waals surface area contributed by atoms with Gasteiger partial charge in [0.05, 0.1) is 12.6 Å². The van der Waals surface area contributed by atoms with Crippen molar-refractivity contribution >= 4 is 22.9 Å². The summed E-state index contributed by atoms with van der Waals surface area (Å²) in [6.07, 6.45) is 1.74. The number of carbonyl (C=O) groups is 1. The van der Waals surface area contributed by atoms with E-state index >= 15 is 0 Å². The third-order valence-electron chi connectivity index (χ3n) is 3.82. The number of aryl methyl sites for hydroxylation is 1. The highest BCUT2D eigenvalue weighted by molar-refractivity contribution is 6.02. The van der Waals surface area contributed by atoms with Crippen LogP contribution in [-0.4, -0.2) is 17.2 Å². The average molecular weight is 318 g/mol. The predicted octanol–water partition coefficient (Wildman–Crippen LogP) is 3.55. The Labute approximate surface area is 140 Å². The molecule has 0 aromatic heterocycles. The first kappa shape index (κ1) is 15.7. The summed E-state index contributed by atoms with van der Waals surface area (Å²) in [4.78, 5) is 11.9. The number of phenolic OH excluding ortho intramolecular Hbond substituents is 1. The molecule has 2 N–H and O–H groups in total. The molecule has 0 radical (unpaired) electrons. The molecular weight excluding hydrogens is 300 g/mol. The van der Waals surface area contributed by atoms with Gasteiger partial charge in [-0.2, -0.15) is 5.10 Å². The molecular formula is C20H18N2O2. The van der Waals surface area contributed by atoms with Crippen molar-refractivity contribution in [2.24, 2.45) is 5.10 Å². The van der Waals surface area contributed by atoms with Crippen LogP contribution in [0.25, 0.3) is 10.8 Å². The van der Waals surface area contributed by atoms with Crippen LogP contribution in [0.4, 0.5) is 0 Å². The number of benzene rings is 3. The number of phenols is 1. The Morgan fingerprint density at radius 1 is 1.08 bits per heavy atom. The highest BCUT2D eigenvalue weighted by Gasteiger charge is 2.05. The molecule has 0 spiro atoms. The van der Waals surface area contributed by atoms with Gasteiger partial charge >= 0.3 is 0 Å². The van der Waals surface area contributed by atoms with Gasteiger partial charge in [-0.3, -0.25) is 4.79 Å². The number of hydrazone groups is 1. The fourth-order valence-corrected chi connectivity index (χ4v) is 2.52. The van der Waals surface area contributed by atoms with Crippen molar-refractivity contribution in [1.29, 1.82) is 0 Å². The molecule has 3 aromatic carbocycles. The normalized spacial score (nSPS) is 11.0. The summed E-state index contributed by atoms with van der Waals surface area (Å²) in [6.45, 7) is 2.00. The summed E-state index contributed by atoms with van der Waals surface area (Å²) >= 11 is 0. The lowest BCUT2D eigenvalue weighted by Gasteiger charge is -2.05. The first-order valence-corrected chi connectivity index (χ1v) is 7.71. The van der Waals surface area contributed by atoms with E-state index in [9.17, 15) is 9.90 Å². The molecule has 0 saturated heterocycles. The van der Waals surface area contributed by atoms with E-state index < -0.39 is 0 Å². The van der Waals surface area contributed by atoms with Gasteiger partial charge in [-0.1, -0.05) is 60.2 Å². The molecule has 4 nitrogen and oxygen atoms in total. The van der Waals surface area contributed by atoms with Gasteiger partial charge in [-0.25, -0.2) is 5.43 Å². The zero-order valence-corrected chi connectivity index (χ0v) is 13.4. The van der Waals surface area contributed by atoms with Gasteiger partial charge in [0.25, 0.3) is 0 Å². The lowest BCUT2D eigenvalue weighted by molar-refractivity contribution is -0.120. The smallest absolute Gasteiger partial charge is 0.244 e. The van der Waals surface area contributed by atoms with Crippen molar-refractivity contribution in [3.63, 3.8) is 0 Å². The quantitative estimate of drug-likeness (QED) is 0.571. The SMILES string of the molecule is Cc1ccc(CC(=O)N/N=C\c2c(O)ccc3ccccc23)cc1. The summed E-state index contributed by atoms with van der Waals surface area (Å²) in [5, 5.41) is 15.9. The molecule has 0 atom stereocenters. The molecule has 0 bridgehead atoms. The summed E-state index contributed by atoms with van der Waals surface area (Å²) in [5.74, 6) is -0.0694. The standard InChI is InChI=1S/C20H18N2O2/c1-14-6-8-15(9-7-14)12-20(24)22-21-13-18-17-5-3-2-4-16(17)10-11-19(18)23/h2-11,13,23H,12H2,1H3,(H,22,24)/b21-13-. The van der Waals surface area contributed by atoms with E-state index in [0.717, 1.165) is 21.9 Å². The third kappa shape index (κ3) is 3.60. The Bertz CT molecular complexity index is 899. The maximum Gasteiger partial charge on any atom is 0.244 e. The molecule has 3 aromatic rings. The number of nitrogens with one attached hydrogen (secondary N) is 1.